The van der Waals surface area contributed by atoms with Gasteiger partial charge in [-0.2, -0.15) is 5.11 Å². The number of piperazine rings is 1. The Kier molecular flexibility index (Phi) is 8.18. The fraction of sp³-hybridized carbons (Fsp3) is 0.281. The van der Waals surface area contributed by atoms with Crippen LogP contribution in [-0.2, 0) is 0 Å². The maximum absolute atomic E-state index is 13.9. The van der Waals surface area contributed by atoms with Gasteiger partial charge in [-0.15, -0.1) is 5.11 Å². The lowest BCUT2D eigenvalue weighted by Crippen LogP contribution is -2.47. The first-order valence-corrected chi connectivity index (χ1v) is 13.6. The molecule has 0 atom stereocenters. The standard InChI is InChI=1S/C32H35N5O2/c1-4-35-18-20-36(21-19-35)32-31(34-33-26-11-9-10-24(3)22-26)29(25-14-16-28(17-15-25)39-5-2)23-30(38)37(32)27-12-7-6-8-13-27/h6-17,22-23H,4-5,18-21H2,1-3H3. The molecule has 0 unspecified atom stereocenters. The van der Waals surface area contributed by atoms with Crippen molar-refractivity contribution < 1.29 is 4.74 Å². The van der Waals surface area contributed by atoms with Crippen molar-refractivity contribution in [2.45, 2.75) is 20.8 Å². The quantitative estimate of drug-likeness (QED) is 0.240. The number of pyridine rings is 1. The minimum Gasteiger partial charge on any atom is -0.494 e. The minimum atomic E-state index is -0.104. The van der Waals surface area contributed by atoms with Gasteiger partial charge in [-0.05, 0) is 67.9 Å². The summed E-state index contributed by atoms with van der Waals surface area (Å²) >= 11 is 0. The fourth-order valence-corrected chi connectivity index (χ4v) is 4.99. The molecule has 7 heteroatoms. The van der Waals surface area contributed by atoms with Gasteiger partial charge in [-0.25, -0.2) is 0 Å². The van der Waals surface area contributed by atoms with Crippen molar-refractivity contribution in [1.82, 2.24) is 9.47 Å². The Labute approximate surface area is 230 Å². The molecular formula is C32H35N5O2. The molecule has 0 radical (unpaired) electrons. The fourth-order valence-electron chi connectivity index (χ4n) is 4.99. The molecule has 39 heavy (non-hydrogen) atoms. The van der Waals surface area contributed by atoms with Crippen LogP contribution in [0.5, 0.6) is 5.75 Å². The Hall–Kier alpha value is -4.23. The van der Waals surface area contributed by atoms with Crippen molar-refractivity contribution in [3.8, 4) is 22.6 Å². The average Bonchev–Trinajstić information content (AvgIpc) is 2.97. The zero-order valence-electron chi connectivity index (χ0n) is 22.9. The predicted octanol–water partition coefficient (Wildman–Crippen LogP) is 6.77. The zero-order valence-corrected chi connectivity index (χ0v) is 22.9. The van der Waals surface area contributed by atoms with E-state index in [1.54, 1.807) is 10.6 Å². The number of nitrogens with zero attached hydrogens (tertiary/aromatic N) is 5. The van der Waals surface area contributed by atoms with Crippen LogP contribution in [0.4, 0.5) is 17.2 Å². The lowest BCUT2D eigenvalue weighted by Gasteiger charge is -2.37. The normalized spacial score (nSPS) is 14.2. The molecule has 0 aliphatic carbocycles. The summed E-state index contributed by atoms with van der Waals surface area (Å²) in [5.41, 5.74) is 4.90. The van der Waals surface area contributed by atoms with Crippen molar-refractivity contribution in [3.05, 3.63) is 101 Å². The number of ether oxygens (including phenoxy) is 1. The van der Waals surface area contributed by atoms with Crippen molar-refractivity contribution in [2.24, 2.45) is 10.2 Å². The highest BCUT2D eigenvalue weighted by atomic mass is 16.5. The second kappa shape index (κ2) is 12.1. The Balaban J connectivity index is 1.74. The van der Waals surface area contributed by atoms with Crippen LogP contribution in [0.25, 0.3) is 16.8 Å². The van der Waals surface area contributed by atoms with Crippen LogP contribution in [0.15, 0.2) is 100.0 Å². The van der Waals surface area contributed by atoms with Gasteiger partial charge in [0.1, 0.15) is 17.3 Å². The average molecular weight is 522 g/mol. The SMILES string of the molecule is CCOc1ccc(-c2cc(=O)n(-c3ccccc3)c(N3CCN(CC)CC3)c2N=Nc2cccc(C)c2)cc1. The van der Waals surface area contributed by atoms with Crippen molar-refractivity contribution in [2.75, 3.05) is 44.2 Å². The molecule has 4 aromatic rings. The summed E-state index contributed by atoms with van der Waals surface area (Å²) in [5.74, 6) is 1.56. The molecule has 0 spiro atoms. The first kappa shape index (κ1) is 26.4. The monoisotopic (exact) mass is 521 g/mol. The van der Waals surface area contributed by atoms with E-state index in [0.717, 1.165) is 72.4 Å². The molecule has 1 aliphatic rings. The minimum absolute atomic E-state index is 0.104. The van der Waals surface area contributed by atoms with Crippen molar-refractivity contribution in [3.63, 3.8) is 0 Å². The van der Waals surface area contributed by atoms with E-state index in [1.807, 2.05) is 92.7 Å². The van der Waals surface area contributed by atoms with E-state index in [-0.39, 0.29) is 5.56 Å². The smallest absolute Gasteiger partial charge is 0.257 e. The first-order valence-electron chi connectivity index (χ1n) is 13.6. The third-order valence-electron chi connectivity index (χ3n) is 7.04. The van der Waals surface area contributed by atoms with Crippen molar-refractivity contribution >= 4 is 17.2 Å². The van der Waals surface area contributed by atoms with Gasteiger partial charge in [0.05, 0.1) is 18.0 Å². The van der Waals surface area contributed by atoms with Crippen LogP contribution in [0.2, 0.25) is 0 Å². The summed E-state index contributed by atoms with van der Waals surface area (Å²) in [6.45, 7) is 11.2. The Morgan fingerprint density at radius 2 is 1.56 bits per heavy atom. The number of anilines is 1. The zero-order chi connectivity index (χ0) is 27.2. The molecule has 3 aromatic carbocycles. The lowest BCUT2D eigenvalue weighted by atomic mass is 10.0. The van der Waals surface area contributed by atoms with E-state index in [2.05, 4.69) is 21.8 Å². The van der Waals surface area contributed by atoms with E-state index in [4.69, 9.17) is 9.85 Å². The number of para-hydroxylation sites is 1. The van der Waals surface area contributed by atoms with Gasteiger partial charge in [0.25, 0.3) is 5.56 Å². The molecule has 2 heterocycles. The van der Waals surface area contributed by atoms with E-state index in [0.29, 0.717) is 12.3 Å². The second-order valence-electron chi connectivity index (χ2n) is 9.66. The summed E-state index contributed by atoms with van der Waals surface area (Å²) in [5, 5.41) is 9.54. The van der Waals surface area contributed by atoms with Crippen LogP contribution in [0.1, 0.15) is 19.4 Å². The van der Waals surface area contributed by atoms with Gasteiger partial charge < -0.3 is 14.5 Å². The molecule has 200 valence electrons. The summed E-state index contributed by atoms with van der Waals surface area (Å²) in [7, 11) is 0. The third-order valence-corrected chi connectivity index (χ3v) is 7.04. The van der Waals surface area contributed by atoms with Crippen LogP contribution in [0.3, 0.4) is 0 Å². The van der Waals surface area contributed by atoms with Crippen LogP contribution < -0.4 is 15.2 Å². The van der Waals surface area contributed by atoms with E-state index < -0.39 is 0 Å². The van der Waals surface area contributed by atoms with Gasteiger partial charge in [-0.3, -0.25) is 9.36 Å². The highest BCUT2D eigenvalue weighted by molar-refractivity contribution is 5.84. The molecule has 1 fully saturated rings. The van der Waals surface area contributed by atoms with E-state index >= 15 is 0 Å². The second-order valence-corrected chi connectivity index (χ2v) is 9.66. The summed E-state index contributed by atoms with van der Waals surface area (Å²) in [6.07, 6.45) is 0. The number of aryl methyl sites for hydroxylation is 1. The maximum atomic E-state index is 13.9. The maximum Gasteiger partial charge on any atom is 0.257 e. The van der Waals surface area contributed by atoms with Crippen molar-refractivity contribution in [1.29, 1.82) is 0 Å². The van der Waals surface area contributed by atoms with Gasteiger partial charge in [-0.1, -0.05) is 49.4 Å². The topological polar surface area (TPSA) is 62.4 Å². The van der Waals surface area contributed by atoms with E-state index in [9.17, 15) is 4.79 Å². The molecule has 0 amide bonds. The largest absolute Gasteiger partial charge is 0.494 e. The Morgan fingerprint density at radius 3 is 2.23 bits per heavy atom. The molecule has 5 rings (SSSR count). The molecular weight excluding hydrogens is 486 g/mol. The molecule has 0 N–H and O–H groups in total. The summed E-state index contributed by atoms with van der Waals surface area (Å²) in [6, 6.07) is 27.3. The molecule has 1 aliphatic heterocycles. The third kappa shape index (κ3) is 5.94. The molecule has 1 aromatic heterocycles. The summed E-state index contributed by atoms with van der Waals surface area (Å²) < 4.78 is 7.45. The Morgan fingerprint density at radius 1 is 0.821 bits per heavy atom. The highest BCUT2D eigenvalue weighted by Crippen LogP contribution is 2.40. The number of likely N-dealkylation sites (N-methyl/N-ethyl adjacent to an activating group) is 1. The van der Waals surface area contributed by atoms with Crippen LogP contribution in [-0.4, -0.2) is 48.8 Å². The molecule has 1 saturated heterocycles. The van der Waals surface area contributed by atoms with Crippen LogP contribution >= 0.6 is 0 Å². The predicted molar refractivity (Wildman–Crippen MR) is 158 cm³/mol. The molecule has 0 bridgehead atoms. The summed E-state index contributed by atoms with van der Waals surface area (Å²) in [4.78, 5) is 18.6. The van der Waals surface area contributed by atoms with Gasteiger partial charge >= 0.3 is 0 Å². The number of benzene rings is 3. The number of hydrogen-bond donors (Lipinski definition) is 0. The highest BCUT2D eigenvalue weighted by Gasteiger charge is 2.26. The number of azo groups is 1. The lowest BCUT2D eigenvalue weighted by molar-refractivity contribution is 0.270. The van der Waals surface area contributed by atoms with Gasteiger partial charge in [0.2, 0.25) is 0 Å². The molecule has 0 saturated carbocycles. The van der Waals surface area contributed by atoms with Gasteiger partial charge in [0, 0.05) is 37.8 Å². The number of hydrogen-bond acceptors (Lipinski definition) is 6. The number of aromatic nitrogens is 1. The van der Waals surface area contributed by atoms with Gasteiger partial charge in [0.15, 0.2) is 0 Å². The number of rotatable bonds is 8. The Bertz CT molecular complexity index is 1490. The first-order chi connectivity index (χ1) is 19.1. The van der Waals surface area contributed by atoms with E-state index in [1.165, 1.54) is 0 Å². The molecule has 7 nitrogen and oxygen atoms in total. The van der Waals surface area contributed by atoms with Crippen LogP contribution in [0, 0.1) is 6.92 Å².